The lowest BCUT2D eigenvalue weighted by atomic mass is 9.90. The van der Waals surface area contributed by atoms with Gasteiger partial charge in [-0.15, -0.1) is 0 Å². The monoisotopic (exact) mass is 707 g/mol. The molecule has 11 nitrogen and oxygen atoms in total. The van der Waals surface area contributed by atoms with Gasteiger partial charge in [0, 0.05) is 61.8 Å². The summed E-state index contributed by atoms with van der Waals surface area (Å²) >= 11 is 0. The van der Waals surface area contributed by atoms with Crippen LogP contribution in [0.1, 0.15) is 47.6 Å². The highest BCUT2D eigenvalue weighted by Crippen LogP contribution is 2.38. The summed E-state index contributed by atoms with van der Waals surface area (Å²) in [6.45, 7) is 9.92. The molecule has 268 valence electrons. The van der Waals surface area contributed by atoms with Crippen molar-refractivity contribution in [3.8, 4) is 28.7 Å². The van der Waals surface area contributed by atoms with Gasteiger partial charge >= 0.3 is 5.97 Å². The minimum absolute atomic E-state index is 0.255. The molecule has 0 saturated carbocycles. The fourth-order valence-electron chi connectivity index (χ4n) is 7.85. The van der Waals surface area contributed by atoms with E-state index >= 15 is 0 Å². The van der Waals surface area contributed by atoms with E-state index in [1.165, 1.54) is 0 Å². The van der Waals surface area contributed by atoms with E-state index in [0.717, 1.165) is 75.0 Å². The fraction of sp³-hybridized carbons (Fsp3) is 0.310. The van der Waals surface area contributed by atoms with Crippen LogP contribution in [0.3, 0.4) is 0 Å². The Morgan fingerprint density at radius 3 is 2.53 bits per heavy atom. The maximum Gasteiger partial charge on any atom is 0.310 e. The van der Waals surface area contributed by atoms with E-state index in [9.17, 15) is 20.3 Å². The van der Waals surface area contributed by atoms with Crippen LogP contribution in [0.5, 0.6) is 0 Å². The van der Waals surface area contributed by atoms with Gasteiger partial charge in [-0.3, -0.25) is 19.6 Å². The maximum atomic E-state index is 11.8. The summed E-state index contributed by atoms with van der Waals surface area (Å²) in [4.78, 5) is 30.5. The highest BCUT2D eigenvalue weighted by molar-refractivity contribution is 5.91. The first-order valence-corrected chi connectivity index (χ1v) is 18.0. The number of nitrogens with one attached hydrogen (secondary N) is 1. The molecule has 0 radical (unpaired) electrons. The zero-order valence-corrected chi connectivity index (χ0v) is 30.1. The number of aliphatic hydroxyl groups excluding tert-OH is 1. The van der Waals surface area contributed by atoms with Gasteiger partial charge in [0.15, 0.2) is 11.4 Å². The third-order valence-corrected chi connectivity index (χ3v) is 10.9. The van der Waals surface area contributed by atoms with E-state index in [-0.39, 0.29) is 6.10 Å². The molecule has 6 aromatic rings. The second kappa shape index (κ2) is 13.7. The minimum atomic E-state index is -0.783. The molecule has 5 heterocycles. The molecule has 2 aliphatic rings. The number of aliphatic carboxylic acids is 1. The third-order valence-electron chi connectivity index (χ3n) is 10.9. The summed E-state index contributed by atoms with van der Waals surface area (Å²) in [7, 11) is 0. The number of carboxylic acid groups (broad SMARTS) is 1. The molecule has 3 aromatic heterocycles. The number of likely N-dealkylation sites (tertiary alicyclic amines) is 2. The molecule has 11 heteroatoms. The summed E-state index contributed by atoms with van der Waals surface area (Å²) in [6, 6.07) is 22.4. The quantitative estimate of drug-likeness (QED) is 0.140. The van der Waals surface area contributed by atoms with E-state index in [2.05, 4.69) is 58.2 Å². The highest BCUT2D eigenvalue weighted by atomic mass is 16.4. The molecule has 0 spiro atoms. The number of β-amino-alcohol motifs (C(OH)–C–C–N with tert-alkyl or cyclic N) is 1. The lowest BCUT2D eigenvalue weighted by Gasteiger charge is -2.20. The van der Waals surface area contributed by atoms with Crippen molar-refractivity contribution < 1.29 is 19.4 Å². The summed E-state index contributed by atoms with van der Waals surface area (Å²) in [6.07, 6.45) is 4.83. The molecule has 3 N–H and O–H groups in total. The van der Waals surface area contributed by atoms with Gasteiger partial charge in [-0.2, -0.15) is 5.26 Å². The van der Waals surface area contributed by atoms with Gasteiger partial charge in [0.25, 0.3) is 0 Å². The number of fused-ring (bicyclic) bond motifs is 2. The molecule has 0 bridgehead atoms. The van der Waals surface area contributed by atoms with Gasteiger partial charge in [0.1, 0.15) is 17.1 Å². The Hall–Kier alpha value is -5.67. The number of carboxylic acids is 1. The number of pyridine rings is 2. The van der Waals surface area contributed by atoms with Crippen molar-refractivity contribution in [3.05, 3.63) is 101 Å². The number of nitrogens with zero attached hydrogens (tertiary/aromatic N) is 6. The van der Waals surface area contributed by atoms with E-state index in [4.69, 9.17) is 14.4 Å². The molecule has 2 aliphatic heterocycles. The molecule has 2 saturated heterocycles. The van der Waals surface area contributed by atoms with Gasteiger partial charge in [-0.05, 0) is 110 Å². The van der Waals surface area contributed by atoms with Crippen molar-refractivity contribution >= 4 is 39.5 Å². The summed E-state index contributed by atoms with van der Waals surface area (Å²) < 4.78 is 6.29. The number of aromatic nitrogens is 3. The Kier molecular flexibility index (Phi) is 8.90. The molecule has 2 fully saturated rings. The number of benzene rings is 3. The first kappa shape index (κ1) is 34.4. The van der Waals surface area contributed by atoms with Crippen LogP contribution in [0.2, 0.25) is 0 Å². The predicted molar refractivity (Wildman–Crippen MR) is 203 cm³/mol. The number of carbonyl (C=O) groups is 1. The summed E-state index contributed by atoms with van der Waals surface area (Å²) in [5.74, 6) is 0.330. The van der Waals surface area contributed by atoms with Crippen LogP contribution in [-0.2, 0) is 17.9 Å². The number of hydrogen-bond acceptors (Lipinski definition) is 10. The van der Waals surface area contributed by atoms with Crippen LogP contribution in [0.25, 0.3) is 44.6 Å². The molecule has 0 unspecified atom stereocenters. The highest BCUT2D eigenvalue weighted by Gasteiger charge is 2.40. The Labute approximate surface area is 307 Å². The van der Waals surface area contributed by atoms with E-state index < -0.39 is 11.4 Å². The average Bonchev–Trinajstić information content (AvgIpc) is 3.87. The summed E-state index contributed by atoms with van der Waals surface area (Å²) in [5, 5.41) is 34.2. The molecule has 2 atom stereocenters. The zero-order chi connectivity index (χ0) is 36.9. The summed E-state index contributed by atoms with van der Waals surface area (Å²) in [5.41, 5.74) is 9.32. The largest absolute Gasteiger partial charge is 0.481 e. The fourth-order valence-corrected chi connectivity index (χ4v) is 7.85. The molecular formula is C42H41N7O4. The molecule has 53 heavy (non-hydrogen) atoms. The molecule has 0 aliphatic carbocycles. The number of hydrogen-bond donors (Lipinski definition) is 3. The van der Waals surface area contributed by atoms with Crippen molar-refractivity contribution in [2.75, 3.05) is 31.5 Å². The minimum Gasteiger partial charge on any atom is -0.481 e. The van der Waals surface area contributed by atoms with Gasteiger partial charge in [0.05, 0.1) is 17.1 Å². The van der Waals surface area contributed by atoms with Gasteiger partial charge in [0.2, 0.25) is 5.89 Å². The van der Waals surface area contributed by atoms with Gasteiger partial charge in [-0.1, -0.05) is 24.3 Å². The van der Waals surface area contributed by atoms with Crippen LogP contribution in [0.4, 0.5) is 11.5 Å². The van der Waals surface area contributed by atoms with Crippen LogP contribution >= 0.6 is 0 Å². The van der Waals surface area contributed by atoms with Crippen molar-refractivity contribution in [1.29, 1.82) is 5.26 Å². The average molecular weight is 708 g/mol. The van der Waals surface area contributed by atoms with E-state index in [1.54, 1.807) is 13.1 Å². The first-order chi connectivity index (χ1) is 25.6. The second-order valence-corrected chi connectivity index (χ2v) is 14.8. The second-order valence-electron chi connectivity index (χ2n) is 14.8. The molecule has 3 aromatic carbocycles. The van der Waals surface area contributed by atoms with Crippen molar-refractivity contribution in [2.24, 2.45) is 5.41 Å². The first-order valence-electron chi connectivity index (χ1n) is 18.0. The molecule has 8 rings (SSSR count). The Morgan fingerprint density at radius 2 is 1.77 bits per heavy atom. The van der Waals surface area contributed by atoms with Crippen LogP contribution in [0.15, 0.2) is 77.5 Å². The Morgan fingerprint density at radius 1 is 1.00 bits per heavy atom. The van der Waals surface area contributed by atoms with Crippen molar-refractivity contribution in [3.63, 3.8) is 0 Å². The number of anilines is 2. The topological polar surface area (TPSA) is 152 Å². The predicted octanol–water partition coefficient (Wildman–Crippen LogP) is 7.20. The Bertz CT molecular complexity index is 2440. The Balaban J connectivity index is 1.07. The van der Waals surface area contributed by atoms with Crippen LogP contribution in [-0.4, -0.2) is 73.2 Å². The van der Waals surface area contributed by atoms with Gasteiger partial charge < -0.3 is 19.9 Å². The van der Waals surface area contributed by atoms with Gasteiger partial charge in [-0.25, -0.2) is 9.97 Å². The van der Waals surface area contributed by atoms with Crippen molar-refractivity contribution in [1.82, 2.24) is 24.8 Å². The molecular weight excluding hydrogens is 667 g/mol. The lowest BCUT2D eigenvalue weighted by molar-refractivity contribution is -0.147. The molecule has 0 amide bonds. The van der Waals surface area contributed by atoms with Crippen LogP contribution in [0, 0.1) is 30.6 Å². The SMILES string of the molecule is Cc1c(Nc2nccc3cc(CN4CC[C@@H](O)C4)cnc23)cccc1-c1cccc(-c2nc3cc(CN4CC[C@@](C)(C(=O)O)C4)cc(C#N)c3o2)c1C. The van der Waals surface area contributed by atoms with Crippen molar-refractivity contribution in [2.45, 2.75) is 52.8 Å². The number of aliphatic hydroxyl groups is 1. The third kappa shape index (κ3) is 6.61. The standard InChI is InChI=1S/C42H41N7O4/c1-25-32(6-4-8-34(25)40-47-36-18-27(16-30(19-43)38(36)53-40)21-49-15-12-42(3,24-49)41(51)52)33-7-5-9-35(26(33)2)46-39-37-29(10-13-44-39)17-28(20-45-37)22-48-14-11-31(50)23-48/h4-10,13,16-18,20,31,50H,11-12,14-15,21-24H2,1-3H3,(H,44,46)(H,51,52)/t31-,42-/m1/s1. The smallest absolute Gasteiger partial charge is 0.310 e. The number of nitriles is 1. The number of rotatable bonds is 9. The maximum absolute atomic E-state index is 11.8. The van der Waals surface area contributed by atoms with Crippen LogP contribution < -0.4 is 5.32 Å². The lowest BCUT2D eigenvalue weighted by Crippen LogP contribution is -2.31. The number of oxazole rings is 1. The zero-order valence-electron chi connectivity index (χ0n) is 30.1. The van der Waals surface area contributed by atoms with E-state index in [1.807, 2.05) is 48.7 Å². The van der Waals surface area contributed by atoms with E-state index in [0.29, 0.717) is 61.0 Å². The normalized spacial score (nSPS) is 19.3.